The second kappa shape index (κ2) is 9.84. The molecule has 2 aromatic rings. The van der Waals surface area contributed by atoms with Gasteiger partial charge in [0, 0.05) is 38.9 Å². The molecular weight excluding hydrogens is 312 g/mol. The van der Waals surface area contributed by atoms with Crippen molar-refractivity contribution in [1.82, 2.24) is 25.3 Å². The Morgan fingerprint density at radius 2 is 2.00 bits per heavy atom. The molecule has 0 fully saturated rings. The van der Waals surface area contributed by atoms with Crippen LogP contribution in [0, 0.1) is 0 Å². The first-order valence-electron chi connectivity index (χ1n) is 8.83. The van der Waals surface area contributed by atoms with Crippen molar-refractivity contribution in [3.8, 4) is 0 Å². The molecule has 0 aliphatic rings. The van der Waals surface area contributed by atoms with E-state index in [4.69, 9.17) is 0 Å². The third kappa shape index (κ3) is 6.23. The molecule has 2 N–H and O–H groups in total. The second-order valence-electron chi connectivity index (χ2n) is 6.27. The van der Waals surface area contributed by atoms with Gasteiger partial charge in [-0.2, -0.15) is 5.10 Å². The first kappa shape index (κ1) is 19.0. The van der Waals surface area contributed by atoms with Crippen LogP contribution in [-0.2, 0) is 20.1 Å². The highest BCUT2D eigenvalue weighted by atomic mass is 15.3. The molecule has 0 radical (unpaired) electrons. The summed E-state index contributed by atoms with van der Waals surface area (Å²) in [7, 11) is 4.09. The van der Waals surface area contributed by atoms with Gasteiger partial charge in [0.15, 0.2) is 5.96 Å². The van der Waals surface area contributed by atoms with Crippen LogP contribution in [0.3, 0.4) is 0 Å². The molecule has 6 nitrogen and oxygen atoms in total. The fraction of sp³-hybridized carbons (Fsp3) is 0.474. The lowest BCUT2D eigenvalue weighted by molar-refractivity contribution is 0.249. The maximum absolute atomic E-state index is 4.65. The number of nitrogens with one attached hydrogen (secondary N) is 2. The van der Waals surface area contributed by atoms with Crippen molar-refractivity contribution in [2.24, 2.45) is 12.0 Å². The van der Waals surface area contributed by atoms with Crippen LogP contribution >= 0.6 is 0 Å². The van der Waals surface area contributed by atoms with Gasteiger partial charge < -0.3 is 10.6 Å². The number of hydrogen-bond acceptors (Lipinski definition) is 3. The van der Waals surface area contributed by atoms with Gasteiger partial charge in [0.1, 0.15) is 0 Å². The number of aromatic nitrogens is 2. The van der Waals surface area contributed by atoms with E-state index < -0.39 is 0 Å². The molecule has 1 heterocycles. The highest BCUT2D eigenvalue weighted by molar-refractivity contribution is 5.79. The van der Waals surface area contributed by atoms with Gasteiger partial charge in [-0.05, 0) is 32.5 Å². The SMILES string of the molecule is CCNC(=NCc1ccnn1C)NCC(C)N(C)Cc1ccccc1. The third-order valence-corrected chi connectivity index (χ3v) is 4.26. The molecule has 6 heteroatoms. The molecule has 1 atom stereocenters. The normalized spacial score (nSPS) is 13.1. The van der Waals surface area contributed by atoms with E-state index in [0.29, 0.717) is 12.6 Å². The Bertz CT molecular complexity index is 649. The van der Waals surface area contributed by atoms with Crippen LogP contribution < -0.4 is 10.6 Å². The molecule has 0 aliphatic carbocycles. The largest absolute Gasteiger partial charge is 0.357 e. The van der Waals surface area contributed by atoms with Crippen LogP contribution in [0.2, 0.25) is 0 Å². The van der Waals surface area contributed by atoms with Gasteiger partial charge in [0.05, 0.1) is 12.2 Å². The van der Waals surface area contributed by atoms with Crippen LogP contribution in [0.4, 0.5) is 0 Å². The predicted molar refractivity (Wildman–Crippen MR) is 103 cm³/mol. The summed E-state index contributed by atoms with van der Waals surface area (Å²) >= 11 is 0. The van der Waals surface area contributed by atoms with E-state index in [2.05, 4.69) is 76.9 Å². The van der Waals surface area contributed by atoms with Crippen molar-refractivity contribution < 1.29 is 0 Å². The van der Waals surface area contributed by atoms with Gasteiger partial charge in [0.2, 0.25) is 0 Å². The molecule has 136 valence electrons. The highest BCUT2D eigenvalue weighted by Gasteiger charge is 2.10. The minimum absolute atomic E-state index is 0.390. The first-order chi connectivity index (χ1) is 12.1. The topological polar surface area (TPSA) is 57.5 Å². The number of likely N-dealkylation sites (N-methyl/N-ethyl adjacent to an activating group) is 1. The lowest BCUT2D eigenvalue weighted by Gasteiger charge is -2.25. The summed E-state index contributed by atoms with van der Waals surface area (Å²) in [6.07, 6.45) is 1.80. The highest BCUT2D eigenvalue weighted by Crippen LogP contribution is 2.05. The Hall–Kier alpha value is -2.34. The molecule has 25 heavy (non-hydrogen) atoms. The van der Waals surface area contributed by atoms with Crippen LogP contribution in [0.1, 0.15) is 25.1 Å². The number of rotatable bonds is 8. The molecule has 0 bridgehead atoms. The Kier molecular flexibility index (Phi) is 7.47. The summed E-state index contributed by atoms with van der Waals surface area (Å²) in [4.78, 5) is 6.99. The smallest absolute Gasteiger partial charge is 0.191 e. The number of aliphatic imine (C=N–C) groups is 1. The van der Waals surface area contributed by atoms with E-state index >= 15 is 0 Å². The minimum atomic E-state index is 0.390. The summed E-state index contributed by atoms with van der Waals surface area (Å²) in [6, 6.07) is 12.9. The summed E-state index contributed by atoms with van der Waals surface area (Å²) < 4.78 is 1.85. The maximum Gasteiger partial charge on any atom is 0.191 e. The molecule has 1 aromatic heterocycles. The molecular formula is C19H30N6. The standard InChI is InChI=1S/C19H30N6/c1-5-20-19(22-14-18-11-12-23-25(18)4)21-13-16(2)24(3)15-17-9-7-6-8-10-17/h6-12,16H,5,13-15H2,1-4H3,(H2,20,21,22). The van der Waals surface area contributed by atoms with E-state index in [9.17, 15) is 0 Å². The van der Waals surface area contributed by atoms with E-state index in [1.807, 2.05) is 17.8 Å². The molecule has 1 aromatic carbocycles. The number of nitrogens with zero attached hydrogens (tertiary/aromatic N) is 4. The van der Waals surface area contributed by atoms with Crippen molar-refractivity contribution in [3.05, 3.63) is 53.9 Å². The number of aryl methyl sites for hydroxylation is 1. The van der Waals surface area contributed by atoms with Crippen LogP contribution in [0.5, 0.6) is 0 Å². The zero-order valence-corrected chi connectivity index (χ0v) is 15.7. The maximum atomic E-state index is 4.65. The van der Waals surface area contributed by atoms with Crippen molar-refractivity contribution in [1.29, 1.82) is 0 Å². The van der Waals surface area contributed by atoms with Gasteiger partial charge in [-0.25, -0.2) is 4.99 Å². The average molecular weight is 342 g/mol. The van der Waals surface area contributed by atoms with Gasteiger partial charge in [0.25, 0.3) is 0 Å². The average Bonchev–Trinajstić information content (AvgIpc) is 3.03. The quantitative estimate of drug-likeness (QED) is 0.569. The van der Waals surface area contributed by atoms with E-state index in [0.717, 1.165) is 31.3 Å². The predicted octanol–water partition coefficient (Wildman–Crippen LogP) is 2.00. The summed E-state index contributed by atoms with van der Waals surface area (Å²) in [5.41, 5.74) is 2.42. The van der Waals surface area contributed by atoms with Crippen LogP contribution in [-0.4, -0.2) is 46.8 Å². The number of guanidine groups is 1. The zero-order valence-electron chi connectivity index (χ0n) is 15.7. The van der Waals surface area contributed by atoms with Crippen LogP contribution in [0.15, 0.2) is 47.6 Å². The fourth-order valence-corrected chi connectivity index (χ4v) is 2.49. The summed E-state index contributed by atoms with van der Waals surface area (Å²) in [6.45, 7) is 7.52. The van der Waals surface area contributed by atoms with Gasteiger partial charge in [-0.1, -0.05) is 30.3 Å². The van der Waals surface area contributed by atoms with Crippen molar-refractivity contribution in [3.63, 3.8) is 0 Å². The molecule has 0 amide bonds. The fourth-order valence-electron chi connectivity index (χ4n) is 2.49. The summed E-state index contributed by atoms with van der Waals surface area (Å²) in [5.74, 6) is 0.837. The third-order valence-electron chi connectivity index (χ3n) is 4.26. The van der Waals surface area contributed by atoms with E-state index in [-0.39, 0.29) is 0 Å². The molecule has 0 aliphatic heterocycles. The second-order valence-corrected chi connectivity index (χ2v) is 6.27. The zero-order chi connectivity index (χ0) is 18.1. The summed E-state index contributed by atoms with van der Waals surface area (Å²) in [5, 5.41) is 10.9. The van der Waals surface area contributed by atoms with Crippen LogP contribution in [0.25, 0.3) is 0 Å². The Balaban J connectivity index is 1.85. The molecule has 0 saturated carbocycles. The van der Waals surface area contributed by atoms with Crippen molar-refractivity contribution >= 4 is 5.96 Å². The minimum Gasteiger partial charge on any atom is -0.357 e. The molecule has 0 spiro atoms. The van der Waals surface area contributed by atoms with E-state index in [1.54, 1.807) is 6.20 Å². The first-order valence-corrected chi connectivity index (χ1v) is 8.83. The number of benzene rings is 1. The van der Waals surface area contributed by atoms with Gasteiger partial charge in [-0.3, -0.25) is 9.58 Å². The molecule has 2 rings (SSSR count). The number of hydrogen-bond donors (Lipinski definition) is 2. The lowest BCUT2D eigenvalue weighted by Crippen LogP contribution is -2.44. The van der Waals surface area contributed by atoms with E-state index in [1.165, 1.54) is 5.56 Å². The Labute approximate surface area is 151 Å². The van der Waals surface area contributed by atoms with Crippen molar-refractivity contribution in [2.75, 3.05) is 20.1 Å². The lowest BCUT2D eigenvalue weighted by atomic mass is 10.2. The Morgan fingerprint density at radius 1 is 1.24 bits per heavy atom. The van der Waals surface area contributed by atoms with Crippen molar-refractivity contribution in [2.45, 2.75) is 33.0 Å². The van der Waals surface area contributed by atoms with Gasteiger partial charge in [-0.15, -0.1) is 0 Å². The Morgan fingerprint density at radius 3 is 2.64 bits per heavy atom. The molecule has 0 saturated heterocycles. The molecule has 1 unspecified atom stereocenters. The van der Waals surface area contributed by atoms with Gasteiger partial charge >= 0.3 is 0 Å². The monoisotopic (exact) mass is 342 g/mol.